The molecule has 3 aromatic rings. The maximum Gasteiger partial charge on any atom is 0.169 e. The third-order valence-corrected chi connectivity index (χ3v) is 2.87. The summed E-state index contributed by atoms with van der Waals surface area (Å²) in [6.07, 6.45) is 1.82. The molecule has 3 rings (SSSR count). The van der Waals surface area contributed by atoms with Crippen LogP contribution < -0.4 is 5.32 Å². The van der Waals surface area contributed by atoms with Gasteiger partial charge in [-0.15, -0.1) is 0 Å². The molecule has 0 aliphatic rings. The zero-order valence-corrected chi connectivity index (χ0v) is 10.6. The number of hydrogen-bond acceptors (Lipinski definition) is 4. The monoisotopic (exact) mass is 254 g/mol. The highest BCUT2D eigenvalue weighted by Gasteiger charge is 2.08. The summed E-state index contributed by atoms with van der Waals surface area (Å²) in [6, 6.07) is 12.0. The number of rotatable bonds is 4. The lowest BCUT2D eigenvalue weighted by molar-refractivity contribution is 0.399. The highest BCUT2D eigenvalue weighted by atomic mass is 16.5. The van der Waals surface area contributed by atoms with Gasteiger partial charge in [0.2, 0.25) is 0 Å². The van der Waals surface area contributed by atoms with Gasteiger partial charge in [-0.25, -0.2) is 0 Å². The van der Waals surface area contributed by atoms with E-state index in [-0.39, 0.29) is 0 Å². The molecule has 0 radical (unpaired) electrons. The Labute approximate surface area is 110 Å². The van der Waals surface area contributed by atoms with Gasteiger partial charge in [0.1, 0.15) is 5.76 Å². The van der Waals surface area contributed by atoms with Crippen molar-refractivity contribution in [1.29, 1.82) is 0 Å². The van der Waals surface area contributed by atoms with Gasteiger partial charge in [0.15, 0.2) is 5.82 Å². The normalized spacial score (nSPS) is 10.6. The molecular weight excluding hydrogens is 240 g/mol. The summed E-state index contributed by atoms with van der Waals surface area (Å²) in [5.74, 6) is 1.52. The van der Waals surface area contributed by atoms with Crippen molar-refractivity contribution in [2.45, 2.75) is 13.5 Å². The van der Waals surface area contributed by atoms with E-state index in [9.17, 15) is 0 Å². The van der Waals surface area contributed by atoms with E-state index in [0.29, 0.717) is 6.54 Å². The zero-order chi connectivity index (χ0) is 13.1. The summed E-state index contributed by atoms with van der Waals surface area (Å²) in [5, 5.41) is 14.3. The van der Waals surface area contributed by atoms with Crippen molar-refractivity contribution < 1.29 is 4.52 Å². The first-order valence-corrected chi connectivity index (χ1v) is 6.08. The number of anilines is 1. The second kappa shape index (κ2) is 4.97. The number of benzene rings is 1. The summed E-state index contributed by atoms with van der Waals surface area (Å²) in [6.45, 7) is 2.51. The first-order valence-electron chi connectivity index (χ1n) is 6.08. The van der Waals surface area contributed by atoms with Gasteiger partial charge >= 0.3 is 0 Å². The quantitative estimate of drug-likeness (QED) is 0.751. The van der Waals surface area contributed by atoms with Crippen LogP contribution >= 0.6 is 0 Å². The van der Waals surface area contributed by atoms with E-state index in [1.54, 1.807) is 0 Å². The molecule has 0 spiro atoms. The predicted molar refractivity (Wildman–Crippen MR) is 72.6 cm³/mol. The fourth-order valence-electron chi connectivity index (χ4n) is 1.94. The van der Waals surface area contributed by atoms with Crippen LogP contribution in [0.2, 0.25) is 0 Å². The van der Waals surface area contributed by atoms with E-state index in [1.165, 1.54) is 0 Å². The summed E-state index contributed by atoms with van der Waals surface area (Å²) in [5.41, 5.74) is 3.23. The van der Waals surface area contributed by atoms with Crippen molar-refractivity contribution >= 4 is 5.82 Å². The zero-order valence-electron chi connectivity index (χ0n) is 10.6. The van der Waals surface area contributed by atoms with Gasteiger partial charge in [-0.05, 0) is 12.5 Å². The molecule has 5 nitrogen and oxygen atoms in total. The summed E-state index contributed by atoms with van der Waals surface area (Å²) >= 11 is 0. The molecule has 19 heavy (non-hydrogen) atoms. The van der Waals surface area contributed by atoms with Gasteiger partial charge in [-0.2, -0.15) is 5.10 Å². The minimum Gasteiger partial charge on any atom is -0.363 e. The van der Waals surface area contributed by atoms with Gasteiger partial charge in [0, 0.05) is 18.2 Å². The SMILES string of the molecule is Cc1cc(NCc2cn[nH]c2-c2ccccc2)no1. The highest BCUT2D eigenvalue weighted by Crippen LogP contribution is 2.21. The van der Waals surface area contributed by atoms with E-state index in [4.69, 9.17) is 4.52 Å². The van der Waals surface area contributed by atoms with Crippen molar-refractivity contribution in [3.63, 3.8) is 0 Å². The average molecular weight is 254 g/mol. The third kappa shape index (κ3) is 2.49. The van der Waals surface area contributed by atoms with Gasteiger partial charge in [0.25, 0.3) is 0 Å². The number of nitrogens with zero attached hydrogens (tertiary/aromatic N) is 2. The molecule has 2 N–H and O–H groups in total. The predicted octanol–water partition coefficient (Wildman–Crippen LogP) is 2.99. The summed E-state index contributed by atoms with van der Waals surface area (Å²) in [7, 11) is 0. The molecule has 0 atom stereocenters. The lowest BCUT2D eigenvalue weighted by Gasteiger charge is -2.04. The Hall–Kier alpha value is -2.56. The number of hydrogen-bond donors (Lipinski definition) is 2. The topological polar surface area (TPSA) is 66.7 Å². The van der Waals surface area contributed by atoms with Crippen LogP contribution in [0.3, 0.4) is 0 Å². The Morgan fingerprint density at radius 3 is 2.84 bits per heavy atom. The smallest absolute Gasteiger partial charge is 0.169 e. The molecule has 2 heterocycles. The largest absolute Gasteiger partial charge is 0.363 e. The van der Waals surface area contributed by atoms with Gasteiger partial charge in [0.05, 0.1) is 11.9 Å². The first-order chi connectivity index (χ1) is 9.33. The highest BCUT2D eigenvalue weighted by molar-refractivity contribution is 5.62. The van der Waals surface area contributed by atoms with Crippen molar-refractivity contribution in [2.75, 3.05) is 5.32 Å². The summed E-state index contributed by atoms with van der Waals surface area (Å²) in [4.78, 5) is 0. The minimum atomic E-state index is 0.646. The van der Waals surface area contributed by atoms with E-state index in [0.717, 1.165) is 28.4 Å². The molecule has 0 aliphatic carbocycles. The molecular formula is C14H14N4O. The fraction of sp³-hybridized carbons (Fsp3) is 0.143. The minimum absolute atomic E-state index is 0.646. The first kappa shape index (κ1) is 11.5. The number of H-pyrrole nitrogens is 1. The van der Waals surface area contributed by atoms with Crippen molar-refractivity contribution in [3.05, 3.63) is 53.9 Å². The Kier molecular flexibility index (Phi) is 3.02. The van der Waals surface area contributed by atoms with Gasteiger partial charge in [-0.3, -0.25) is 5.10 Å². The Bertz CT molecular complexity index is 657. The maximum atomic E-state index is 5.01. The lowest BCUT2D eigenvalue weighted by atomic mass is 10.1. The molecule has 1 aromatic carbocycles. The molecule has 0 bridgehead atoms. The standard InChI is InChI=1S/C14H14N4O/c1-10-7-13(18-19-10)15-8-12-9-16-17-14(12)11-5-3-2-4-6-11/h2-7,9H,8H2,1H3,(H,15,18)(H,16,17). The van der Waals surface area contributed by atoms with E-state index < -0.39 is 0 Å². The third-order valence-electron chi connectivity index (χ3n) is 2.87. The van der Waals surface area contributed by atoms with Crippen molar-refractivity contribution in [3.8, 4) is 11.3 Å². The molecule has 0 fully saturated rings. The van der Waals surface area contributed by atoms with E-state index in [1.807, 2.05) is 37.4 Å². The number of nitrogens with one attached hydrogen (secondary N) is 2. The van der Waals surface area contributed by atoms with Crippen LogP contribution in [-0.2, 0) is 6.54 Å². The van der Waals surface area contributed by atoms with Gasteiger partial charge in [-0.1, -0.05) is 35.5 Å². The van der Waals surface area contributed by atoms with Gasteiger partial charge < -0.3 is 9.84 Å². The van der Waals surface area contributed by atoms with Crippen LogP contribution in [0.1, 0.15) is 11.3 Å². The number of aromatic nitrogens is 3. The molecule has 0 saturated heterocycles. The van der Waals surface area contributed by atoms with Crippen LogP contribution in [0.4, 0.5) is 5.82 Å². The van der Waals surface area contributed by atoms with Crippen LogP contribution in [0.25, 0.3) is 11.3 Å². The Balaban J connectivity index is 1.77. The fourth-order valence-corrected chi connectivity index (χ4v) is 1.94. The van der Waals surface area contributed by atoms with Crippen LogP contribution in [0.5, 0.6) is 0 Å². The number of aryl methyl sites for hydroxylation is 1. The molecule has 0 aliphatic heterocycles. The molecule has 0 amide bonds. The molecule has 96 valence electrons. The van der Waals surface area contributed by atoms with E-state index >= 15 is 0 Å². The molecule has 0 saturated carbocycles. The number of aromatic amines is 1. The Morgan fingerprint density at radius 1 is 1.26 bits per heavy atom. The molecule has 0 unspecified atom stereocenters. The maximum absolute atomic E-state index is 5.01. The molecule has 5 heteroatoms. The van der Waals surface area contributed by atoms with Crippen LogP contribution in [0, 0.1) is 6.92 Å². The summed E-state index contributed by atoms with van der Waals surface area (Å²) < 4.78 is 5.01. The molecule has 2 aromatic heterocycles. The van der Waals surface area contributed by atoms with E-state index in [2.05, 4.69) is 32.8 Å². The Morgan fingerprint density at radius 2 is 2.11 bits per heavy atom. The van der Waals surface area contributed by atoms with Crippen LogP contribution in [-0.4, -0.2) is 15.4 Å². The van der Waals surface area contributed by atoms with Crippen LogP contribution in [0.15, 0.2) is 47.1 Å². The average Bonchev–Trinajstić information content (AvgIpc) is 3.06. The van der Waals surface area contributed by atoms with Crippen molar-refractivity contribution in [2.24, 2.45) is 0 Å². The second-order valence-electron chi connectivity index (χ2n) is 4.31. The lowest BCUT2D eigenvalue weighted by Crippen LogP contribution is -1.99. The second-order valence-corrected chi connectivity index (χ2v) is 4.31. The van der Waals surface area contributed by atoms with Crippen molar-refractivity contribution in [1.82, 2.24) is 15.4 Å².